The Balaban J connectivity index is 1.62. The number of nitrogens with one attached hydrogen (secondary N) is 1. The third-order valence-corrected chi connectivity index (χ3v) is 4.24. The largest absolute Gasteiger partial charge is 0.482 e. The number of hydrazone groups is 1. The summed E-state index contributed by atoms with van der Waals surface area (Å²) in [5.41, 5.74) is 6.03. The van der Waals surface area contributed by atoms with Crippen LogP contribution in [-0.2, 0) is 4.79 Å². The molecule has 7 heteroatoms. The number of amides is 1. The van der Waals surface area contributed by atoms with E-state index in [0.717, 1.165) is 22.6 Å². The molecule has 0 spiro atoms. The standard InChI is InChI=1S/C20H19ClN4O2/c1-14-17(15(2)25(24-14)16-8-4-3-5-9-16)12-22-23-20(26)13-27-19-11-7-6-10-18(19)21/h3-12H,13H2,1-2H3,(H,23,26). The highest BCUT2D eigenvalue weighted by Crippen LogP contribution is 2.22. The molecule has 6 nitrogen and oxygen atoms in total. The molecule has 0 atom stereocenters. The van der Waals surface area contributed by atoms with Crippen LogP contribution in [0.2, 0.25) is 5.02 Å². The van der Waals surface area contributed by atoms with Crippen molar-refractivity contribution in [3.05, 3.63) is 76.6 Å². The Hall–Kier alpha value is -3.12. The molecule has 1 amide bonds. The summed E-state index contributed by atoms with van der Waals surface area (Å²) in [5.74, 6) is 0.0750. The molecule has 0 radical (unpaired) electrons. The number of rotatable bonds is 6. The van der Waals surface area contributed by atoms with Gasteiger partial charge in [-0.2, -0.15) is 10.2 Å². The van der Waals surface area contributed by atoms with Gasteiger partial charge in [0.05, 0.1) is 28.3 Å². The average molecular weight is 383 g/mol. The Morgan fingerprint density at radius 3 is 2.63 bits per heavy atom. The van der Waals surface area contributed by atoms with Gasteiger partial charge in [0.15, 0.2) is 6.61 Å². The first-order chi connectivity index (χ1) is 13.1. The number of para-hydroxylation sites is 2. The molecular formula is C20H19ClN4O2. The van der Waals surface area contributed by atoms with Crippen LogP contribution in [0.5, 0.6) is 5.75 Å². The van der Waals surface area contributed by atoms with Gasteiger partial charge < -0.3 is 4.74 Å². The Bertz CT molecular complexity index is 967. The molecule has 3 aromatic rings. The molecule has 1 heterocycles. The van der Waals surface area contributed by atoms with E-state index in [2.05, 4.69) is 15.6 Å². The molecule has 2 aromatic carbocycles. The lowest BCUT2D eigenvalue weighted by Gasteiger charge is -2.06. The van der Waals surface area contributed by atoms with Crippen LogP contribution >= 0.6 is 11.6 Å². The number of halogens is 1. The Morgan fingerprint density at radius 1 is 1.19 bits per heavy atom. The van der Waals surface area contributed by atoms with Crippen LogP contribution in [0.4, 0.5) is 0 Å². The highest BCUT2D eigenvalue weighted by atomic mass is 35.5. The summed E-state index contributed by atoms with van der Waals surface area (Å²) in [7, 11) is 0. The highest BCUT2D eigenvalue weighted by Gasteiger charge is 2.11. The molecule has 0 aliphatic heterocycles. The number of hydrogen-bond acceptors (Lipinski definition) is 4. The Kier molecular flexibility index (Phi) is 5.88. The van der Waals surface area contributed by atoms with Gasteiger partial charge in [-0.3, -0.25) is 4.79 Å². The number of ether oxygens (including phenoxy) is 1. The molecular weight excluding hydrogens is 364 g/mol. The molecule has 0 fully saturated rings. The number of carbonyl (C=O) groups excluding carboxylic acids is 1. The van der Waals surface area contributed by atoms with Crippen molar-refractivity contribution in [2.24, 2.45) is 5.10 Å². The summed E-state index contributed by atoms with van der Waals surface area (Å²) < 4.78 is 7.22. The molecule has 27 heavy (non-hydrogen) atoms. The number of benzene rings is 2. The quantitative estimate of drug-likeness (QED) is 0.522. The zero-order valence-electron chi connectivity index (χ0n) is 15.0. The van der Waals surface area contributed by atoms with Crippen molar-refractivity contribution in [1.29, 1.82) is 0 Å². The van der Waals surface area contributed by atoms with Gasteiger partial charge in [0, 0.05) is 5.56 Å². The van der Waals surface area contributed by atoms with E-state index in [1.165, 1.54) is 0 Å². The predicted octanol–water partition coefficient (Wildman–Crippen LogP) is 3.67. The molecule has 1 aromatic heterocycles. The van der Waals surface area contributed by atoms with Crippen molar-refractivity contribution in [3.8, 4) is 11.4 Å². The number of hydrogen-bond donors (Lipinski definition) is 1. The zero-order chi connectivity index (χ0) is 19.2. The first kappa shape index (κ1) is 18.7. The summed E-state index contributed by atoms with van der Waals surface area (Å²) in [6.07, 6.45) is 1.59. The predicted molar refractivity (Wildman–Crippen MR) is 106 cm³/mol. The monoisotopic (exact) mass is 382 g/mol. The van der Waals surface area contributed by atoms with Crippen molar-refractivity contribution in [2.45, 2.75) is 13.8 Å². The van der Waals surface area contributed by atoms with E-state index in [-0.39, 0.29) is 12.5 Å². The lowest BCUT2D eigenvalue weighted by atomic mass is 10.2. The Morgan fingerprint density at radius 2 is 1.89 bits per heavy atom. The van der Waals surface area contributed by atoms with E-state index in [1.807, 2.05) is 48.9 Å². The topological polar surface area (TPSA) is 68.5 Å². The van der Waals surface area contributed by atoms with Crippen LogP contribution in [0, 0.1) is 13.8 Å². The number of aromatic nitrogens is 2. The minimum atomic E-state index is -0.378. The van der Waals surface area contributed by atoms with Crippen LogP contribution < -0.4 is 10.2 Å². The molecule has 138 valence electrons. The lowest BCUT2D eigenvalue weighted by Crippen LogP contribution is -2.24. The van der Waals surface area contributed by atoms with E-state index in [1.54, 1.807) is 30.5 Å². The molecule has 3 rings (SSSR count). The maximum absolute atomic E-state index is 11.9. The van der Waals surface area contributed by atoms with Crippen LogP contribution in [0.25, 0.3) is 5.69 Å². The minimum Gasteiger partial charge on any atom is -0.482 e. The fourth-order valence-electron chi connectivity index (χ4n) is 2.57. The summed E-state index contributed by atoms with van der Waals surface area (Å²) >= 11 is 5.98. The molecule has 0 bridgehead atoms. The second-order valence-electron chi connectivity index (χ2n) is 5.84. The second kappa shape index (κ2) is 8.51. The first-order valence-electron chi connectivity index (χ1n) is 8.37. The van der Waals surface area contributed by atoms with E-state index in [9.17, 15) is 4.79 Å². The number of nitrogens with zero attached hydrogens (tertiary/aromatic N) is 3. The van der Waals surface area contributed by atoms with E-state index in [4.69, 9.17) is 16.3 Å². The summed E-state index contributed by atoms with van der Waals surface area (Å²) in [6, 6.07) is 16.8. The molecule has 0 aliphatic carbocycles. The zero-order valence-corrected chi connectivity index (χ0v) is 15.8. The smallest absolute Gasteiger partial charge is 0.277 e. The van der Waals surface area contributed by atoms with Gasteiger partial charge in [0.1, 0.15) is 5.75 Å². The lowest BCUT2D eigenvalue weighted by molar-refractivity contribution is -0.123. The number of aryl methyl sites for hydroxylation is 1. The van der Waals surface area contributed by atoms with E-state index < -0.39 is 0 Å². The van der Waals surface area contributed by atoms with E-state index >= 15 is 0 Å². The second-order valence-corrected chi connectivity index (χ2v) is 6.25. The molecule has 0 saturated carbocycles. The third-order valence-electron chi connectivity index (χ3n) is 3.93. The summed E-state index contributed by atoms with van der Waals surface area (Å²) in [4.78, 5) is 11.9. The summed E-state index contributed by atoms with van der Waals surface area (Å²) in [5, 5.41) is 9.00. The Labute approximate surface area is 162 Å². The van der Waals surface area contributed by atoms with Gasteiger partial charge in [0.2, 0.25) is 0 Å². The average Bonchev–Trinajstić information content (AvgIpc) is 2.96. The van der Waals surface area contributed by atoms with Crippen LogP contribution in [0.1, 0.15) is 17.0 Å². The van der Waals surface area contributed by atoms with Gasteiger partial charge in [-0.15, -0.1) is 0 Å². The van der Waals surface area contributed by atoms with Crippen molar-refractivity contribution < 1.29 is 9.53 Å². The maximum atomic E-state index is 11.9. The molecule has 0 saturated heterocycles. The van der Waals surface area contributed by atoms with Gasteiger partial charge in [-0.1, -0.05) is 41.9 Å². The van der Waals surface area contributed by atoms with Crippen molar-refractivity contribution >= 4 is 23.7 Å². The van der Waals surface area contributed by atoms with Crippen LogP contribution in [-0.4, -0.2) is 28.5 Å². The normalized spacial score (nSPS) is 10.9. The number of carbonyl (C=O) groups is 1. The highest BCUT2D eigenvalue weighted by molar-refractivity contribution is 6.32. The maximum Gasteiger partial charge on any atom is 0.277 e. The molecule has 0 unspecified atom stereocenters. The van der Waals surface area contributed by atoms with Crippen molar-refractivity contribution in [3.63, 3.8) is 0 Å². The van der Waals surface area contributed by atoms with Gasteiger partial charge in [-0.25, -0.2) is 10.1 Å². The summed E-state index contributed by atoms with van der Waals surface area (Å²) in [6.45, 7) is 3.68. The fourth-order valence-corrected chi connectivity index (χ4v) is 2.76. The third kappa shape index (κ3) is 4.54. The van der Waals surface area contributed by atoms with E-state index in [0.29, 0.717) is 10.8 Å². The van der Waals surface area contributed by atoms with Crippen LogP contribution in [0.3, 0.4) is 0 Å². The van der Waals surface area contributed by atoms with Gasteiger partial charge >= 0.3 is 0 Å². The van der Waals surface area contributed by atoms with Crippen LogP contribution in [0.15, 0.2) is 59.7 Å². The first-order valence-corrected chi connectivity index (χ1v) is 8.75. The SMILES string of the molecule is Cc1nn(-c2ccccc2)c(C)c1C=NNC(=O)COc1ccccc1Cl. The van der Waals surface area contributed by atoms with Crippen molar-refractivity contribution in [2.75, 3.05) is 6.61 Å². The van der Waals surface area contributed by atoms with Gasteiger partial charge in [0.25, 0.3) is 5.91 Å². The molecule has 1 N–H and O–H groups in total. The molecule has 0 aliphatic rings. The minimum absolute atomic E-state index is 0.178. The fraction of sp³-hybridized carbons (Fsp3) is 0.150. The van der Waals surface area contributed by atoms with Gasteiger partial charge in [-0.05, 0) is 38.1 Å². The van der Waals surface area contributed by atoms with Crippen molar-refractivity contribution in [1.82, 2.24) is 15.2 Å².